The average molecular weight is 969 g/mol. The molecule has 3 unspecified atom stereocenters. The number of amides is 1. The van der Waals surface area contributed by atoms with Crippen molar-refractivity contribution in [3.63, 3.8) is 0 Å². The van der Waals surface area contributed by atoms with E-state index in [0.717, 1.165) is 83.5 Å². The summed E-state index contributed by atoms with van der Waals surface area (Å²) in [6.45, 7) is 6.99. The van der Waals surface area contributed by atoms with Crippen molar-refractivity contribution in [1.29, 1.82) is 0 Å². The van der Waals surface area contributed by atoms with Crippen molar-refractivity contribution in [2.24, 2.45) is 0 Å². The lowest BCUT2D eigenvalue weighted by molar-refractivity contribution is -0.870. The Bertz CT molecular complexity index is 1210. The Morgan fingerprint density at radius 2 is 0.881 bits per heavy atom. The molecule has 0 aromatic carbocycles. The van der Waals surface area contributed by atoms with Gasteiger partial charge < -0.3 is 19.4 Å². The molecule has 1 amide bonds. The van der Waals surface area contributed by atoms with Crippen molar-refractivity contribution in [3.05, 3.63) is 24.3 Å². The van der Waals surface area contributed by atoms with Gasteiger partial charge in [-0.25, -0.2) is 4.57 Å². The maximum absolute atomic E-state index is 13.5. The van der Waals surface area contributed by atoms with Crippen LogP contribution in [0.25, 0.3) is 0 Å². The standard InChI is InChI=1S/C57H111N2O7P/c1-7-10-13-16-19-22-25-27-28-29-30-32-35-37-40-43-46-49-56(60)58-54(53-65-67(62,63)64-52-51-59(4,5)6)55(48-45-42-39-36-34-31-26-23-20-17-14-11-8-2)66-57(61)50-47-44-41-38-33-24-21-18-15-12-9-3/h18,21,45,48,54-55H,7-17,19-20,22-44,46-47,49-53H2,1-6H3,(H-,58,60,62,63)/p+1/b21-18-,48-45+. The number of nitrogens with one attached hydrogen (secondary N) is 1. The first-order chi connectivity index (χ1) is 32.4. The van der Waals surface area contributed by atoms with E-state index >= 15 is 0 Å². The number of hydrogen-bond acceptors (Lipinski definition) is 6. The SMILES string of the molecule is CCCC/C=C\CCCCCCCC(=O)OC(/C=C/CCCCCCCCCCCCC)C(COP(=O)(O)OCC[N+](C)(C)C)NC(=O)CCCCCCCCCCCCCCCCCCC. The topological polar surface area (TPSA) is 111 Å². The zero-order chi connectivity index (χ0) is 49.4. The number of esters is 1. The van der Waals surface area contributed by atoms with E-state index in [9.17, 15) is 19.0 Å². The van der Waals surface area contributed by atoms with Crippen LogP contribution in [0.3, 0.4) is 0 Å². The Morgan fingerprint density at radius 3 is 1.31 bits per heavy atom. The predicted octanol–water partition coefficient (Wildman–Crippen LogP) is 17.0. The number of carbonyl (C=O) groups excluding carboxylic acids is 2. The van der Waals surface area contributed by atoms with Gasteiger partial charge >= 0.3 is 13.8 Å². The van der Waals surface area contributed by atoms with Crippen LogP contribution in [0.2, 0.25) is 0 Å². The Labute approximate surface area is 415 Å². The minimum atomic E-state index is -4.44. The summed E-state index contributed by atoms with van der Waals surface area (Å²) >= 11 is 0. The molecule has 0 fully saturated rings. The highest BCUT2D eigenvalue weighted by Gasteiger charge is 2.30. The van der Waals surface area contributed by atoms with Gasteiger partial charge in [-0.2, -0.15) is 0 Å². The lowest BCUT2D eigenvalue weighted by Gasteiger charge is -2.27. The van der Waals surface area contributed by atoms with Crippen molar-refractivity contribution >= 4 is 19.7 Å². The van der Waals surface area contributed by atoms with E-state index in [2.05, 4.69) is 38.2 Å². The molecule has 0 spiro atoms. The molecule has 2 N–H and O–H groups in total. The molecule has 0 aliphatic carbocycles. The van der Waals surface area contributed by atoms with Crippen molar-refractivity contribution in [2.45, 2.75) is 290 Å². The van der Waals surface area contributed by atoms with Crippen molar-refractivity contribution in [1.82, 2.24) is 5.32 Å². The molecule has 0 rings (SSSR count). The highest BCUT2D eigenvalue weighted by Crippen LogP contribution is 2.43. The predicted molar refractivity (Wildman–Crippen MR) is 286 cm³/mol. The molecule has 0 saturated heterocycles. The van der Waals surface area contributed by atoms with Crippen LogP contribution in [0.4, 0.5) is 0 Å². The molecule has 0 heterocycles. The molecule has 0 aliphatic rings. The van der Waals surface area contributed by atoms with E-state index in [-0.39, 0.29) is 31.5 Å². The van der Waals surface area contributed by atoms with Crippen molar-refractivity contribution in [3.8, 4) is 0 Å². The summed E-state index contributed by atoms with van der Waals surface area (Å²) in [6, 6.07) is -0.844. The molecule has 0 aromatic rings. The number of allylic oxidation sites excluding steroid dienone is 3. The molecule has 0 aromatic heterocycles. The van der Waals surface area contributed by atoms with Crippen LogP contribution >= 0.6 is 7.82 Å². The highest BCUT2D eigenvalue weighted by atomic mass is 31.2. The second kappa shape index (κ2) is 48.1. The number of phosphoric ester groups is 1. The van der Waals surface area contributed by atoms with E-state index in [1.807, 2.05) is 33.3 Å². The third kappa shape index (κ3) is 49.3. The summed E-state index contributed by atoms with van der Waals surface area (Å²) in [7, 11) is 1.50. The fourth-order valence-electron chi connectivity index (χ4n) is 8.39. The molecular weight excluding hydrogens is 856 g/mol. The van der Waals surface area contributed by atoms with Gasteiger partial charge in [0.1, 0.15) is 19.3 Å². The molecule has 0 saturated carbocycles. The number of hydrogen-bond donors (Lipinski definition) is 2. The van der Waals surface area contributed by atoms with Crippen molar-refractivity contribution < 1.29 is 37.3 Å². The Balaban J connectivity index is 5.31. The van der Waals surface area contributed by atoms with Gasteiger partial charge in [-0.1, -0.05) is 238 Å². The maximum Gasteiger partial charge on any atom is 0.472 e. The molecule has 0 bridgehead atoms. The number of nitrogens with zero attached hydrogens (tertiary/aromatic N) is 1. The number of carbonyl (C=O) groups is 2. The third-order valence-corrected chi connectivity index (χ3v) is 13.9. The molecule has 0 aliphatic heterocycles. The van der Waals surface area contributed by atoms with Gasteiger partial charge in [0, 0.05) is 12.8 Å². The number of likely N-dealkylation sites (N-methyl/N-ethyl adjacent to an activating group) is 1. The lowest BCUT2D eigenvalue weighted by atomic mass is 10.0. The molecule has 3 atom stereocenters. The largest absolute Gasteiger partial charge is 0.472 e. The molecule has 9 nitrogen and oxygen atoms in total. The molecular formula is C57H112N2O7P+. The van der Waals surface area contributed by atoms with Gasteiger partial charge in [-0.3, -0.25) is 18.6 Å². The minimum Gasteiger partial charge on any atom is -0.456 e. The zero-order valence-corrected chi connectivity index (χ0v) is 46.1. The third-order valence-electron chi connectivity index (χ3n) is 12.9. The van der Waals surface area contributed by atoms with E-state index in [1.165, 1.54) is 161 Å². The number of rotatable bonds is 52. The van der Waals surface area contributed by atoms with Crippen LogP contribution in [0.1, 0.15) is 278 Å². The fraction of sp³-hybridized carbons (Fsp3) is 0.895. The first-order valence-corrected chi connectivity index (χ1v) is 30.2. The number of unbranched alkanes of at least 4 members (excludes halogenated alkanes) is 34. The van der Waals surface area contributed by atoms with Crippen LogP contribution < -0.4 is 5.32 Å². The minimum absolute atomic E-state index is 0.0422. The quantitative estimate of drug-likeness (QED) is 0.0205. The second-order valence-electron chi connectivity index (χ2n) is 20.8. The normalized spacial score (nSPS) is 14.0. The summed E-state index contributed by atoms with van der Waals surface area (Å²) in [5, 5.41) is 3.05. The number of ether oxygens (including phenoxy) is 1. The van der Waals surface area contributed by atoms with E-state index in [1.54, 1.807) is 0 Å². The van der Waals surface area contributed by atoms with Gasteiger partial charge in [-0.15, -0.1) is 0 Å². The molecule has 0 radical (unpaired) electrons. The number of quaternary nitrogens is 1. The average Bonchev–Trinajstić information content (AvgIpc) is 3.28. The molecule has 396 valence electrons. The van der Waals surface area contributed by atoms with E-state index < -0.39 is 20.0 Å². The maximum atomic E-state index is 13.5. The van der Waals surface area contributed by atoms with Gasteiger partial charge in [0.25, 0.3) is 0 Å². The van der Waals surface area contributed by atoms with Crippen LogP contribution in [-0.4, -0.2) is 74.3 Å². The monoisotopic (exact) mass is 968 g/mol. The van der Waals surface area contributed by atoms with Crippen LogP contribution in [0, 0.1) is 0 Å². The molecule has 10 heteroatoms. The Hall–Kier alpha value is -1.51. The summed E-state index contributed by atoms with van der Waals surface area (Å²) in [4.78, 5) is 37.5. The Morgan fingerprint density at radius 1 is 0.507 bits per heavy atom. The van der Waals surface area contributed by atoms with Gasteiger partial charge in [0.05, 0.1) is 33.8 Å². The lowest BCUT2D eigenvalue weighted by Crippen LogP contribution is -2.47. The van der Waals surface area contributed by atoms with Crippen molar-refractivity contribution in [2.75, 3.05) is 40.9 Å². The first kappa shape index (κ1) is 65.5. The van der Waals surface area contributed by atoms with Crippen LogP contribution in [0.5, 0.6) is 0 Å². The van der Waals surface area contributed by atoms with E-state index in [0.29, 0.717) is 17.4 Å². The summed E-state index contributed by atoms with van der Waals surface area (Å²) in [5.74, 6) is -0.504. The summed E-state index contributed by atoms with van der Waals surface area (Å²) in [5.41, 5.74) is 0. The van der Waals surface area contributed by atoms with Gasteiger partial charge in [0.2, 0.25) is 5.91 Å². The van der Waals surface area contributed by atoms with Gasteiger partial charge in [-0.05, 0) is 51.0 Å². The molecule has 67 heavy (non-hydrogen) atoms. The van der Waals surface area contributed by atoms with Gasteiger partial charge in [0.15, 0.2) is 0 Å². The fourth-order valence-corrected chi connectivity index (χ4v) is 9.13. The summed E-state index contributed by atoms with van der Waals surface area (Å²) < 4.78 is 30.6. The smallest absolute Gasteiger partial charge is 0.456 e. The highest BCUT2D eigenvalue weighted by molar-refractivity contribution is 7.47. The van der Waals surface area contributed by atoms with Crippen LogP contribution in [-0.2, 0) is 27.9 Å². The zero-order valence-electron chi connectivity index (χ0n) is 45.2. The van der Waals surface area contributed by atoms with Crippen LogP contribution in [0.15, 0.2) is 24.3 Å². The summed E-state index contributed by atoms with van der Waals surface area (Å²) in [6.07, 6.45) is 54.5. The Kier molecular flexibility index (Phi) is 47.0. The first-order valence-electron chi connectivity index (χ1n) is 28.7. The van der Waals surface area contributed by atoms with E-state index in [4.69, 9.17) is 13.8 Å². The second-order valence-corrected chi connectivity index (χ2v) is 22.3. The number of phosphoric acid groups is 1.